The van der Waals surface area contributed by atoms with Gasteiger partial charge in [0.25, 0.3) is 0 Å². The second kappa shape index (κ2) is 5.99. The molecule has 1 aromatic rings. The second-order valence-corrected chi connectivity index (χ2v) is 6.77. The summed E-state index contributed by atoms with van der Waals surface area (Å²) in [6.45, 7) is 2.04. The Kier molecular flexibility index (Phi) is 4.52. The minimum atomic E-state index is -3.72. The van der Waals surface area contributed by atoms with Crippen LogP contribution < -0.4 is 15.8 Å². The van der Waals surface area contributed by atoms with Crippen molar-refractivity contribution < 1.29 is 13.2 Å². The van der Waals surface area contributed by atoms with Crippen LogP contribution in [0.3, 0.4) is 0 Å². The van der Waals surface area contributed by atoms with Crippen molar-refractivity contribution in [2.45, 2.75) is 17.7 Å². The van der Waals surface area contributed by atoms with E-state index in [1.165, 1.54) is 25.0 Å². The molecule has 0 heterocycles. The molecule has 1 aliphatic carbocycles. The predicted octanol–water partition coefficient (Wildman–Crippen LogP) is 0.779. The molecule has 0 aromatic heterocycles. The third-order valence-corrected chi connectivity index (χ3v) is 4.27. The van der Waals surface area contributed by atoms with Crippen LogP contribution in [0.2, 0.25) is 0 Å². The van der Waals surface area contributed by atoms with Crippen LogP contribution in [-0.2, 0) is 14.8 Å². The molecule has 112 valence electrons. The van der Waals surface area contributed by atoms with Crippen molar-refractivity contribution in [2.75, 3.05) is 37.4 Å². The minimum absolute atomic E-state index is 0.0625. The molecule has 1 aliphatic rings. The maximum absolute atomic E-state index is 11.4. The molecule has 2 rings (SSSR count). The van der Waals surface area contributed by atoms with Gasteiger partial charge in [-0.25, -0.2) is 13.6 Å². The van der Waals surface area contributed by atoms with E-state index in [4.69, 9.17) is 15.6 Å². The Morgan fingerprint density at radius 3 is 2.70 bits per heavy atom. The van der Waals surface area contributed by atoms with E-state index in [-0.39, 0.29) is 4.90 Å². The van der Waals surface area contributed by atoms with Crippen LogP contribution in [0.1, 0.15) is 12.8 Å². The number of benzene rings is 1. The quantitative estimate of drug-likeness (QED) is 0.572. The Morgan fingerprint density at radius 1 is 1.40 bits per heavy atom. The van der Waals surface area contributed by atoms with Gasteiger partial charge in [0.1, 0.15) is 0 Å². The normalized spacial score (nSPS) is 15.3. The number of hydrogen-bond donors (Lipinski definition) is 2. The van der Waals surface area contributed by atoms with Crippen molar-refractivity contribution >= 4 is 21.4 Å². The second-order valence-electron chi connectivity index (χ2n) is 5.21. The van der Waals surface area contributed by atoms with Crippen molar-refractivity contribution in [1.29, 1.82) is 0 Å². The first kappa shape index (κ1) is 15.1. The average molecular weight is 299 g/mol. The van der Waals surface area contributed by atoms with Gasteiger partial charge >= 0.3 is 0 Å². The molecule has 0 aliphatic heterocycles. The molecular formula is C13H21N3O3S. The highest BCUT2D eigenvalue weighted by molar-refractivity contribution is 7.89. The predicted molar refractivity (Wildman–Crippen MR) is 79.0 cm³/mol. The fraction of sp³-hybridized carbons (Fsp3) is 0.538. The van der Waals surface area contributed by atoms with E-state index in [2.05, 4.69) is 0 Å². The lowest BCUT2D eigenvalue weighted by Crippen LogP contribution is -2.24. The lowest BCUT2D eigenvalue weighted by molar-refractivity contribution is 0.131. The summed E-state index contributed by atoms with van der Waals surface area (Å²) >= 11 is 0. The molecule has 0 radical (unpaired) electrons. The number of anilines is 2. The first-order valence-corrected chi connectivity index (χ1v) is 8.14. The van der Waals surface area contributed by atoms with Crippen LogP contribution in [0.25, 0.3) is 0 Å². The molecule has 0 unspecified atom stereocenters. The van der Waals surface area contributed by atoms with Crippen molar-refractivity contribution in [1.82, 2.24) is 0 Å². The van der Waals surface area contributed by atoms with Crippen molar-refractivity contribution in [2.24, 2.45) is 11.1 Å². The molecule has 0 bridgehead atoms. The first-order chi connectivity index (χ1) is 9.38. The summed E-state index contributed by atoms with van der Waals surface area (Å²) in [4.78, 5) is 1.93. The topological polar surface area (TPSA) is 98.6 Å². The summed E-state index contributed by atoms with van der Waals surface area (Å²) in [6, 6.07) is 4.45. The zero-order chi connectivity index (χ0) is 14.8. The zero-order valence-corrected chi connectivity index (χ0v) is 12.4. The number of primary sulfonamides is 1. The summed E-state index contributed by atoms with van der Waals surface area (Å²) in [7, 11) is -1.87. The summed E-state index contributed by atoms with van der Waals surface area (Å²) in [5, 5.41) is 5.13. The molecule has 4 N–H and O–H groups in total. The van der Waals surface area contributed by atoms with Crippen LogP contribution >= 0.6 is 0 Å². The van der Waals surface area contributed by atoms with Gasteiger partial charge < -0.3 is 15.4 Å². The van der Waals surface area contributed by atoms with E-state index in [1.807, 2.05) is 11.9 Å². The van der Waals surface area contributed by atoms with Gasteiger partial charge in [-0.15, -0.1) is 0 Å². The fourth-order valence-corrected chi connectivity index (χ4v) is 2.42. The number of sulfonamides is 1. The minimum Gasteiger partial charge on any atom is -0.397 e. The van der Waals surface area contributed by atoms with E-state index in [9.17, 15) is 8.42 Å². The van der Waals surface area contributed by atoms with Gasteiger partial charge in [0.2, 0.25) is 10.0 Å². The molecule has 6 nitrogen and oxygen atoms in total. The molecule has 7 heteroatoms. The summed E-state index contributed by atoms with van der Waals surface area (Å²) in [5.41, 5.74) is 7.04. The standard InChI is InChI=1S/C13H21N3O3S/c1-16(6-7-19-9-10-2-3-10)13-8-11(20(15,17)18)4-5-12(13)14/h4-5,8,10H,2-3,6-7,9,14H2,1H3,(H2,15,17,18). The Bertz CT molecular complexity index is 570. The molecule has 0 spiro atoms. The lowest BCUT2D eigenvalue weighted by atomic mass is 10.2. The van der Waals surface area contributed by atoms with Crippen LogP contribution in [0.15, 0.2) is 23.1 Å². The number of rotatable bonds is 7. The number of hydrogen-bond acceptors (Lipinski definition) is 5. The van der Waals surface area contributed by atoms with E-state index in [0.717, 1.165) is 12.5 Å². The van der Waals surface area contributed by atoms with Crippen molar-refractivity contribution in [3.8, 4) is 0 Å². The highest BCUT2D eigenvalue weighted by Crippen LogP contribution is 2.29. The maximum Gasteiger partial charge on any atom is 0.238 e. The average Bonchev–Trinajstić information content (AvgIpc) is 3.17. The molecule has 20 heavy (non-hydrogen) atoms. The Labute approximate surface area is 119 Å². The number of nitrogen functional groups attached to an aromatic ring is 1. The number of ether oxygens (including phenoxy) is 1. The van der Waals surface area contributed by atoms with Gasteiger partial charge in [-0.05, 0) is 37.0 Å². The van der Waals surface area contributed by atoms with Crippen molar-refractivity contribution in [3.63, 3.8) is 0 Å². The molecule has 0 amide bonds. The van der Waals surface area contributed by atoms with Gasteiger partial charge in [0.05, 0.1) is 22.9 Å². The Morgan fingerprint density at radius 2 is 2.10 bits per heavy atom. The molecule has 1 saturated carbocycles. The monoisotopic (exact) mass is 299 g/mol. The fourth-order valence-electron chi connectivity index (χ4n) is 1.89. The van der Waals surface area contributed by atoms with Gasteiger partial charge in [0, 0.05) is 20.2 Å². The zero-order valence-electron chi connectivity index (χ0n) is 11.6. The van der Waals surface area contributed by atoms with Gasteiger partial charge in [-0.1, -0.05) is 0 Å². The molecule has 1 fully saturated rings. The summed E-state index contributed by atoms with van der Waals surface area (Å²) in [5.74, 6) is 0.732. The Balaban J connectivity index is 1.98. The van der Waals surface area contributed by atoms with E-state index in [0.29, 0.717) is 24.5 Å². The highest BCUT2D eigenvalue weighted by Gasteiger charge is 2.21. The van der Waals surface area contributed by atoms with Gasteiger partial charge in [-0.2, -0.15) is 0 Å². The van der Waals surface area contributed by atoms with E-state index >= 15 is 0 Å². The van der Waals surface area contributed by atoms with E-state index < -0.39 is 10.0 Å². The molecule has 0 atom stereocenters. The van der Waals surface area contributed by atoms with Crippen LogP contribution in [0.4, 0.5) is 11.4 Å². The molecule has 1 aromatic carbocycles. The van der Waals surface area contributed by atoms with Crippen LogP contribution in [-0.4, -0.2) is 35.2 Å². The molecular weight excluding hydrogens is 278 g/mol. The maximum atomic E-state index is 11.4. The largest absolute Gasteiger partial charge is 0.397 e. The number of likely N-dealkylation sites (N-methyl/N-ethyl adjacent to an activating group) is 1. The lowest BCUT2D eigenvalue weighted by Gasteiger charge is -2.21. The third-order valence-electron chi connectivity index (χ3n) is 3.36. The smallest absolute Gasteiger partial charge is 0.238 e. The number of nitrogens with two attached hydrogens (primary N) is 2. The van der Waals surface area contributed by atoms with Gasteiger partial charge in [0.15, 0.2) is 0 Å². The third kappa shape index (κ3) is 4.09. The first-order valence-electron chi connectivity index (χ1n) is 6.59. The van der Waals surface area contributed by atoms with E-state index in [1.54, 1.807) is 6.07 Å². The number of nitrogens with zero attached hydrogens (tertiary/aromatic N) is 1. The van der Waals surface area contributed by atoms with Crippen LogP contribution in [0.5, 0.6) is 0 Å². The summed E-state index contributed by atoms with van der Waals surface area (Å²) < 4.78 is 28.3. The Hall–Kier alpha value is -1.31. The van der Waals surface area contributed by atoms with Crippen molar-refractivity contribution in [3.05, 3.63) is 18.2 Å². The SMILES string of the molecule is CN(CCOCC1CC1)c1cc(S(N)(=O)=O)ccc1N. The van der Waals surface area contributed by atoms with Crippen LogP contribution in [0, 0.1) is 5.92 Å². The van der Waals surface area contributed by atoms with Gasteiger partial charge in [-0.3, -0.25) is 0 Å². The molecule has 0 saturated heterocycles. The summed E-state index contributed by atoms with van der Waals surface area (Å²) in [6.07, 6.45) is 2.53. The highest BCUT2D eigenvalue weighted by atomic mass is 32.2.